The van der Waals surface area contributed by atoms with Crippen molar-refractivity contribution in [3.8, 4) is 22.0 Å². The van der Waals surface area contributed by atoms with Gasteiger partial charge in [-0.15, -0.1) is 21.5 Å². The second-order valence-electron chi connectivity index (χ2n) is 9.21. The number of carbonyl (C=O) groups excluding carboxylic acids is 1. The zero-order valence-electron chi connectivity index (χ0n) is 21.7. The minimum absolute atomic E-state index is 0.0961. The Kier molecular flexibility index (Phi) is 7.55. The van der Waals surface area contributed by atoms with Gasteiger partial charge in [-0.25, -0.2) is 23.4 Å². The van der Waals surface area contributed by atoms with E-state index in [0.29, 0.717) is 34.4 Å². The molecule has 11 nitrogen and oxygen atoms in total. The van der Waals surface area contributed by atoms with Gasteiger partial charge in [0.2, 0.25) is 5.82 Å². The number of rotatable bonds is 8. The van der Waals surface area contributed by atoms with Gasteiger partial charge in [0.15, 0.2) is 5.69 Å². The SMILES string of the molecule is CC(NC(=O)c1sc(-c2ccc(-c3nnn(C)n3)cc2)nc1C(F)(F)F)C(O)(Cn1cncn1)c1ccc(F)cc1F. The van der Waals surface area contributed by atoms with Crippen molar-refractivity contribution >= 4 is 17.2 Å². The lowest BCUT2D eigenvalue weighted by atomic mass is 9.86. The molecule has 5 rings (SSSR count). The van der Waals surface area contributed by atoms with E-state index in [0.717, 1.165) is 23.1 Å². The molecular formula is C25H20F5N9O2S. The van der Waals surface area contributed by atoms with Gasteiger partial charge in [-0.1, -0.05) is 30.3 Å². The maximum absolute atomic E-state index is 14.8. The van der Waals surface area contributed by atoms with E-state index in [-0.39, 0.29) is 5.01 Å². The second kappa shape index (κ2) is 11.0. The third-order valence-electron chi connectivity index (χ3n) is 6.33. The van der Waals surface area contributed by atoms with Crippen LogP contribution in [0.5, 0.6) is 0 Å². The molecule has 0 aliphatic rings. The third-order valence-corrected chi connectivity index (χ3v) is 7.43. The first kappa shape index (κ1) is 28.9. The summed E-state index contributed by atoms with van der Waals surface area (Å²) in [5.74, 6) is -2.94. The number of hydrogen-bond donors (Lipinski definition) is 2. The number of aryl methyl sites for hydroxylation is 1. The van der Waals surface area contributed by atoms with Crippen molar-refractivity contribution in [2.75, 3.05) is 0 Å². The van der Waals surface area contributed by atoms with E-state index >= 15 is 0 Å². The molecule has 2 unspecified atom stereocenters. The van der Waals surface area contributed by atoms with Gasteiger partial charge in [0.1, 0.15) is 39.8 Å². The smallest absolute Gasteiger partial charge is 0.381 e. The minimum atomic E-state index is -4.99. The number of alkyl halides is 3. The van der Waals surface area contributed by atoms with E-state index in [4.69, 9.17) is 0 Å². The van der Waals surface area contributed by atoms with E-state index in [2.05, 4.69) is 35.8 Å². The maximum Gasteiger partial charge on any atom is 0.435 e. The van der Waals surface area contributed by atoms with E-state index < -0.39 is 58.0 Å². The zero-order valence-corrected chi connectivity index (χ0v) is 22.5. The number of tetrazole rings is 1. The van der Waals surface area contributed by atoms with Crippen molar-refractivity contribution in [2.24, 2.45) is 7.05 Å². The van der Waals surface area contributed by atoms with Crippen molar-refractivity contribution < 1.29 is 31.9 Å². The van der Waals surface area contributed by atoms with Gasteiger partial charge in [0, 0.05) is 22.8 Å². The Bertz CT molecular complexity index is 1720. The summed E-state index contributed by atoms with van der Waals surface area (Å²) < 4.78 is 71.5. The van der Waals surface area contributed by atoms with Crippen molar-refractivity contribution in [3.05, 3.63) is 82.9 Å². The molecule has 17 heteroatoms. The van der Waals surface area contributed by atoms with Crippen LogP contribution in [0.1, 0.15) is 27.9 Å². The Morgan fingerprint density at radius 1 is 1.12 bits per heavy atom. The number of halogens is 5. The summed E-state index contributed by atoms with van der Waals surface area (Å²) in [4.78, 5) is 21.2. The first-order chi connectivity index (χ1) is 19.8. The van der Waals surface area contributed by atoms with Crippen LogP contribution in [-0.2, 0) is 25.4 Å². The lowest BCUT2D eigenvalue weighted by Crippen LogP contribution is -2.52. The molecule has 218 valence electrons. The van der Waals surface area contributed by atoms with Gasteiger partial charge in [-0.05, 0) is 18.2 Å². The molecule has 42 heavy (non-hydrogen) atoms. The standard InChI is InChI=1S/C25H20F5N9O2S/c1-13(24(41,10-39-12-31-11-32-39)17-8-7-16(26)9-18(17)27)33-22(40)19-20(25(28,29)30)34-23(42-19)15-5-3-14(4-6-15)21-35-37-38(2)36-21/h3-9,11-13,41H,10H2,1-2H3,(H,33,40). The van der Waals surface area contributed by atoms with Crippen LogP contribution in [0.15, 0.2) is 55.1 Å². The molecule has 5 aromatic rings. The molecule has 0 spiro atoms. The lowest BCUT2D eigenvalue weighted by molar-refractivity contribution is -0.141. The number of nitrogens with one attached hydrogen (secondary N) is 1. The maximum atomic E-state index is 14.8. The quantitative estimate of drug-likeness (QED) is 0.256. The fraction of sp³-hybridized carbons (Fsp3) is 0.240. The van der Waals surface area contributed by atoms with Crippen LogP contribution in [0.25, 0.3) is 22.0 Å². The first-order valence-electron chi connectivity index (χ1n) is 12.1. The molecule has 0 radical (unpaired) electrons. The summed E-state index contributed by atoms with van der Waals surface area (Å²) in [6, 6.07) is 7.18. The van der Waals surface area contributed by atoms with Crippen molar-refractivity contribution in [1.29, 1.82) is 0 Å². The normalized spacial score (nSPS) is 14.0. The average Bonchev–Trinajstić information content (AvgIpc) is 3.69. The number of carbonyl (C=O) groups is 1. The second-order valence-corrected chi connectivity index (χ2v) is 10.2. The molecule has 0 aliphatic heterocycles. The molecule has 0 fully saturated rings. The zero-order chi connectivity index (χ0) is 30.2. The Morgan fingerprint density at radius 2 is 1.83 bits per heavy atom. The van der Waals surface area contributed by atoms with Gasteiger partial charge in [-0.3, -0.25) is 4.79 Å². The molecule has 0 bridgehead atoms. The molecule has 0 saturated carbocycles. The molecule has 2 aromatic carbocycles. The van der Waals surface area contributed by atoms with E-state index in [1.54, 1.807) is 19.2 Å². The Hall–Kier alpha value is -4.64. The number of benzene rings is 2. The van der Waals surface area contributed by atoms with Gasteiger partial charge >= 0.3 is 6.18 Å². The molecule has 1 amide bonds. The highest BCUT2D eigenvalue weighted by molar-refractivity contribution is 7.17. The number of amides is 1. The highest BCUT2D eigenvalue weighted by Crippen LogP contribution is 2.38. The first-order valence-corrected chi connectivity index (χ1v) is 12.9. The number of nitrogens with zero attached hydrogens (tertiary/aromatic N) is 8. The summed E-state index contributed by atoms with van der Waals surface area (Å²) >= 11 is 0.489. The van der Waals surface area contributed by atoms with Gasteiger partial charge < -0.3 is 10.4 Å². The molecule has 3 heterocycles. The monoisotopic (exact) mass is 605 g/mol. The van der Waals surface area contributed by atoms with Gasteiger partial charge in [0.25, 0.3) is 5.91 Å². The Morgan fingerprint density at radius 3 is 2.43 bits per heavy atom. The molecule has 0 saturated heterocycles. The number of aliphatic hydroxyl groups is 1. The molecular weight excluding hydrogens is 585 g/mol. The predicted octanol–water partition coefficient (Wildman–Crippen LogP) is 3.60. The van der Waals surface area contributed by atoms with Crippen LogP contribution in [0.4, 0.5) is 22.0 Å². The summed E-state index contributed by atoms with van der Waals surface area (Å²) in [5, 5.41) is 29.4. The highest BCUT2D eigenvalue weighted by Gasteiger charge is 2.43. The lowest BCUT2D eigenvalue weighted by Gasteiger charge is -2.35. The number of aromatic nitrogens is 8. The van der Waals surface area contributed by atoms with Crippen LogP contribution in [-0.4, -0.2) is 57.0 Å². The van der Waals surface area contributed by atoms with Crippen LogP contribution in [0.3, 0.4) is 0 Å². The summed E-state index contributed by atoms with van der Waals surface area (Å²) in [6.45, 7) is 0.802. The molecule has 2 N–H and O–H groups in total. The van der Waals surface area contributed by atoms with Crippen molar-refractivity contribution in [1.82, 2.24) is 45.3 Å². The minimum Gasteiger partial charge on any atom is -0.381 e. The van der Waals surface area contributed by atoms with E-state index in [1.807, 2.05) is 0 Å². The highest BCUT2D eigenvalue weighted by atomic mass is 32.1. The number of thiazole rings is 1. The Labute approximate surface area is 237 Å². The summed E-state index contributed by atoms with van der Waals surface area (Å²) in [5.41, 5.74) is -3.27. The molecule has 3 aromatic heterocycles. The van der Waals surface area contributed by atoms with E-state index in [1.165, 1.54) is 30.2 Å². The van der Waals surface area contributed by atoms with Crippen LogP contribution >= 0.6 is 11.3 Å². The van der Waals surface area contributed by atoms with Crippen LogP contribution < -0.4 is 5.32 Å². The fourth-order valence-corrected chi connectivity index (χ4v) is 5.18. The number of hydrogen-bond acceptors (Lipinski definition) is 9. The van der Waals surface area contributed by atoms with Crippen LogP contribution in [0.2, 0.25) is 0 Å². The predicted molar refractivity (Wildman–Crippen MR) is 138 cm³/mol. The summed E-state index contributed by atoms with van der Waals surface area (Å²) in [7, 11) is 1.58. The summed E-state index contributed by atoms with van der Waals surface area (Å²) in [6.07, 6.45) is -2.63. The Balaban J connectivity index is 1.46. The van der Waals surface area contributed by atoms with Crippen LogP contribution in [0, 0.1) is 11.6 Å². The fourth-order valence-electron chi connectivity index (χ4n) is 4.19. The van der Waals surface area contributed by atoms with Gasteiger partial charge in [-0.2, -0.15) is 23.1 Å². The largest absolute Gasteiger partial charge is 0.435 e. The topological polar surface area (TPSA) is 137 Å². The third kappa shape index (κ3) is 5.73. The molecule has 2 atom stereocenters. The van der Waals surface area contributed by atoms with Crippen molar-refractivity contribution in [3.63, 3.8) is 0 Å². The van der Waals surface area contributed by atoms with Gasteiger partial charge in [0.05, 0.1) is 19.6 Å². The molecule has 0 aliphatic carbocycles. The van der Waals surface area contributed by atoms with Crippen molar-refractivity contribution in [2.45, 2.75) is 31.3 Å². The average molecular weight is 606 g/mol. The van der Waals surface area contributed by atoms with E-state index in [9.17, 15) is 31.9 Å².